The fourth-order valence-electron chi connectivity index (χ4n) is 2.48. The van der Waals surface area contributed by atoms with Crippen LogP contribution >= 0.6 is 0 Å². The van der Waals surface area contributed by atoms with Gasteiger partial charge in [0, 0.05) is 17.5 Å². The number of ether oxygens (including phenoxy) is 1. The summed E-state index contributed by atoms with van der Waals surface area (Å²) in [5.41, 5.74) is 9.84. The van der Waals surface area contributed by atoms with Crippen LogP contribution in [0.15, 0.2) is 42.5 Å². The van der Waals surface area contributed by atoms with Gasteiger partial charge in [-0.15, -0.1) is 0 Å². The van der Waals surface area contributed by atoms with Crippen LogP contribution in [0.1, 0.15) is 39.0 Å². The van der Waals surface area contributed by atoms with Gasteiger partial charge < -0.3 is 10.5 Å². The molecule has 0 bridgehead atoms. The van der Waals surface area contributed by atoms with Crippen LogP contribution in [0, 0.1) is 13.8 Å². The zero-order valence-corrected chi connectivity index (χ0v) is 13.5. The Morgan fingerprint density at radius 2 is 1.78 bits per heavy atom. The summed E-state index contributed by atoms with van der Waals surface area (Å²) in [5.74, 6) is -0.809. The normalized spacial score (nSPS) is 10.3. The van der Waals surface area contributed by atoms with E-state index < -0.39 is 5.91 Å². The number of primary amides is 1. The van der Waals surface area contributed by atoms with Gasteiger partial charge in [0.05, 0.1) is 0 Å². The molecule has 4 heteroatoms. The van der Waals surface area contributed by atoms with E-state index in [1.807, 2.05) is 26.0 Å². The van der Waals surface area contributed by atoms with E-state index in [9.17, 15) is 9.59 Å². The number of amides is 1. The number of rotatable bonds is 6. The molecule has 2 rings (SSSR count). The quantitative estimate of drug-likeness (QED) is 0.833. The predicted octanol–water partition coefficient (Wildman–Crippen LogP) is 3.08. The van der Waals surface area contributed by atoms with Crippen LogP contribution in [0.4, 0.5) is 0 Å². The second kappa shape index (κ2) is 7.58. The molecule has 1 amide bonds. The maximum Gasteiger partial charge on any atom is 0.306 e. The maximum atomic E-state index is 11.9. The molecule has 0 unspecified atom stereocenters. The molecule has 0 aliphatic heterocycles. The van der Waals surface area contributed by atoms with Crippen molar-refractivity contribution in [3.8, 4) is 0 Å². The van der Waals surface area contributed by atoms with Gasteiger partial charge in [0.2, 0.25) is 5.91 Å². The van der Waals surface area contributed by atoms with Crippen molar-refractivity contribution in [1.82, 2.24) is 0 Å². The fourth-order valence-corrected chi connectivity index (χ4v) is 2.48. The molecule has 0 saturated heterocycles. The van der Waals surface area contributed by atoms with Gasteiger partial charge in [-0.3, -0.25) is 9.59 Å². The largest absolute Gasteiger partial charge is 0.461 e. The van der Waals surface area contributed by atoms with Crippen LogP contribution in [-0.4, -0.2) is 11.9 Å². The summed E-state index contributed by atoms with van der Waals surface area (Å²) >= 11 is 0. The van der Waals surface area contributed by atoms with E-state index in [0.717, 1.165) is 5.56 Å². The lowest BCUT2D eigenvalue weighted by molar-refractivity contribution is -0.144. The Hall–Kier alpha value is -2.62. The Balaban J connectivity index is 1.90. The number of carbonyl (C=O) groups is 2. The highest BCUT2D eigenvalue weighted by Gasteiger charge is 2.10. The van der Waals surface area contributed by atoms with Crippen molar-refractivity contribution in [3.63, 3.8) is 0 Å². The lowest BCUT2D eigenvalue weighted by atomic mass is 10.0. The molecule has 2 aromatic carbocycles. The smallest absolute Gasteiger partial charge is 0.306 e. The SMILES string of the molecule is Cc1ccc(CCC(=O)OCc2ccccc2C(N)=O)c(C)c1. The Morgan fingerprint density at radius 3 is 2.48 bits per heavy atom. The minimum Gasteiger partial charge on any atom is -0.461 e. The van der Waals surface area contributed by atoms with E-state index in [1.165, 1.54) is 11.1 Å². The molecule has 23 heavy (non-hydrogen) atoms. The van der Waals surface area contributed by atoms with E-state index >= 15 is 0 Å². The number of benzene rings is 2. The van der Waals surface area contributed by atoms with Crippen LogP contribution in [0.2, 0.25) is 0 Å². The van der Waals surface area contributed by atoms with Crippen LogP contribution < -0.4 is 5.73 Å². The van der Waals surface area contributed by atoms with Crippen molar-refractivity contribution in [2.24, 2.45) is 5.73 Å². The van der Waals surface area contributed by atoms with Gasteiger partial charge >= 0.3 is 5.97 Å². The van der Waals surface area contributed by atoms with Crippen LogP contribution in [0.25, 0.3) is 0 Å². The van der Waals surface area contributed by atoms with Gasteiger partial charge in [0.15, 0.2) is 0 Å². The molecular weight excluding hydrogens is 290 g/mol. The summed E-state index contributed by atoms with van der Waals surface area (Å²) in [4.78, 5) is 23.2. The first-order valence-electron chi connectivity index (χ1n) is 7.57. The van der Waals surface area contributed by atoms with Crippen molar-refractivity contribution in [1.29, 1.82) is 0 Å². The fraction of sp³-hybridized carbons (Fsp3) is 0.263. The molecule has 0 radical (unpaired) electrons. The topological polar surface area (TPSA) is 69.4 Å². The van der Waals surface area contributed by atoms with Crippen molar-refractivity contribution < 1.29 is 14.3 Å². The number of esters is 1. The van der Waals surface area contributed by atoms with E-state index in [4.69, 9.17) is 10.5 Å². The number of carbonyl (C=O) groups excluding carboxylic acids is 2. The lowest BCUT2D eigenvalue weighted by Crippen LogP contribution is -2.15. The summed E-state index contributed by atoms with van der Waals surface area (Å²) < 4.78 is 5.26. The van der Waals surface area contributed by atoms with Gasteiger partial charge in [-0.25, -0.2) is 0 Å². The minimum atomic E-state index is -0.521. The highest BCUT2D eigenvalue weighted by atomic mass is 16.5. The second-order valence-electron chi connectivity index (χ2n) is 5.61. The van der Waals surface area contributed by atoms with Gasteiger partial charge in [-0.1, -0.05) is 42.0 Å². The molecule has 0 saturated carbocycles. The van der Waals surface area contributed by atoms with Gasteiger partial charge in [0.25, 0.3) is 0 Å². The molecular formula is C19H21NO3. The zero-order chi connectivity index (χ0) is 16.8. The Labute approximate surface area is 136 Å². The number of nitrogens with two attached hydrogens (primary N) is 1. The minimum absolute atomic E-state index is 0.0603. The van der Waals surface area contributed by atoms with E-state index in [-0.39, 0.29) is 12.6 Å². The molecule has 0 aliphatic carbocycles. The number of aryl methyl sites for hydroxylation is 3. The number of hydrogen-bond acceptors (Lipinski definition) is 3. The standard InChI is InChI=1S/C19H21NO3/c1-13-7-8-15(14(2)11-13)9-10-18(21)23-12-16-5-3-4-6-17(16)19(20)22/h3-8,11H,9-10,12H2,1-2H3,(H2,20,22). The van der Waals surface area contributed by atoms with Crippen LogP contribution in [0.3, 0.4) is 0 Å². The second-order valence-corrected chi connectivity index (χ2v) is 5.61. The molecule has 0 atom stereocenters. The lowest BCUT2D eigenvalue weighted by Gasteiger charge is -2.09. The molecule has 2 N–H and O–H groups in total. The monoisotopic (exact) mass is 311 g/mol. The molecule has 0 aromatic heterocycles. The summed E-state index contributed by atoms with van der Waals surface area (Å²) in [6, 6.07) is 13.1. The molecule has 0 spiro atoms. The predicted molar refractivity (Wildman–Crippen MR) is 89.0 cm³/mol. The third-order valence-corrected chi connectivity index (χ3v) is 3.77. The van der Waals surface area contributed by atoms with Gasteiger partial charge in [0.1, 0.15) is 6.61 Å². The molecule has 4 nitrogen and oxygen atoms in total. The van der Waals surface area contributed by atoms with Crippen molar-refractivity contribution in [2.45, 2.75) is 33.3 Å². The first kappa shape index (κ1) is 16.7. The van der Waals surface area contributed by atoms with Crippen LogP contribution in [-0.2, 0) is 22.6 Å². The Bertz CT molecular complexity index is 722. The Kier molecular flexibility index (Phi) is 5.52. The average molecular weight is 311 g/mol. The maximum absolute atomic E-state index is 11.9. The molecule has 0 aliphatic rings. The first-order chi connectivity index (χ1) is 11.0. The average Bonchev–Trinajstić information content (AvgIpc) is 2.52. The molecule has 0 heterocycles. The molecule has 0 fully saturated rings. The van der Waals surface area contributed by atoms with Gasteiger partial charge in [-0.05, 0) is 37.5 Å². The third kappa shape index (κ3) is 4.68. The summed E-state index contributed by atoms with van der Waals surface area (Å²) in [6.07, 6.45) is 0.949. The molecule has 2 aromatic rings. The Morgan fingerprint density at radius 1 is 1.04 bits per heavy atom. The third-order valence-electron chi connectivity index (χ3n) is 3.77. The highest BCUT2D eigenvalue weighted by Crippen LogP contribution is 2.14. The van der Waals surface area contributed by atoms with Gasteiger partial charge in [-0.2, -0.15) is 0 Å². The zero-order valence-electron chi connectivity index (χ0n) is 13.5. The van der Waals surface area contributed by atoms with Crippen molar-refractivity contribution in [2.75, 3.05) is 0 Å². The molecule has 120 valence electrons. The summed E-state index contributed by atoms with van der Waals surface area (Å²) in [7, 11) is 0. The van der Waals surface area contributed by atoms with Crippen LogP contribution in [0.5, 0.6) is 0 Å². The van der Waals surface area contributed by atoms with E-state index in [0.29, 0.717) is 24.0 Å². The highest BCUT2D eigenvalue weighted by molar-refractivity contribution is 5.94. The van der Waals surface area contributed by atoms with Crippen molar-refractivity contribution in [3.05, 3.63) is 70.3 Å². The summed E-state index contributed by atoms with van der Waals surface area (Å²) in [5, 5.41) is 0. The summed E-state index contributed by atoms with van der Waals surface area (Å²) in [6.45, 7) is 4.14. The first-order valence-corrected chi connectivity index (χ1v) is 7.57. The van der Waals surface area contributed by atoms with E-state index in [1.54, 1.807) is 24.3 Å². The van der Waals surface area contributed by atoms with E-state index in [2.05, 4.69) is 6.07 Å². The van der Waals surface area contributed by atoms with Crippen molar-refractivity contribution >= 4 is 11.9 Å². The number of hydrogen-bond donors (Lipinski definition) is 1.